The quantitative estimate of drug-likeness (QED) is 0.751. The van der Waals surface area contributed by atoms with Crippen molar-refractivity contribution in [1.82, 2.24) is 9.78 Å². The second-order valence-electron chi connectivity index (χ2n) is 6.48. The molecule has 1 atom stereocenters. The van der Waals surface area contributed by atoms with E-state index < -0.39 is 15.9 Å². The SMILES string of the molecule is CCCCS(=O)(=O)C1=C(C)Nc2cc(C)nn2C1c1ccc(Cl)c(Cl)c1. The third kappa shape index (κ3) is 3.50. The number of anilines is 1. The number of halogens is 2. The molecule has 1 aliphatic rings. The van der Waals surface area contributed by atoms with Crippen LogP contribution in [-0.2, 0) is 9.84 Å². The van der Waals surface area contributed by atoms with Crippen molar-refractivity contribution in [2.45, 2.75) is 39.7 Å². The van der Waals surface area contributed by atoms with Gasteiger partial charge in [0, 0.05) is 11.8 Å². The van der Waals surface area contributed by atoms with Crippen LogP contribution in [0.5, 0.6) is 0 Å². The van der Waals surface area contributed by atoms with Gasteiger partial charge in [-0.05, 0) is 38.0 Å². The maximum absolute atomic E-state index is 13.1. The van der Waals surface area contributed by atoms with E-state index >= 15 is 0 Å². The minimum Gasteiger partial charge on any atom is -0.343 e. The maximum atomic E-state index is 13.1. The van der Waals surface area contributed by atoms with E-state index in [1.54, 1.807) is 29.8 Å². The molecule has 3 rings (SSSR count). The molecule has 0 fully saturated rings. The summed E-state index contributed by atoms with van der Waals surface area (Å²) >= 11 is 12.3. The summed E-state index contributed by atoms with van der Waals surface area (Å²) in [5.74, 6) is 0.858. The highest BCUT2D eigenvalue weighted by molar-refractivity contribution is 7.95. The highest BCUT2D eigenvalue weighted by Crippen LogP contribution is 2.40. The van der Waals surface area contributed by atoms with Crippen molar-refractivity contribution in [2.75, 3.05) is 11.1 Å². The van der Waals surface area contributed by atoms with Crippen molar-refractivity contribution in [3.8, 4) is 0 Å². The Morgan fingerprint density at radius 2 is 1.92 bits per heavy atom. The normalized spacial score (nSPS) is 17.2. The van der Waals surface area contributed by atoms with Crippen LogP contribution >= 0.6 is 23.2 Å². The zero-order valence-corrected chi connectivity index (χ0v) is 17.2. The molecule has 0 saturated carbocycles. The van der Waals surface area contributed by atoms with Crippen LogP contribution in [0.3, 0.4) is 0 Å². The predicted octanol–water partition coefficient (Wildman–Crippen LogP) is 4.96. The lowest BCUT2D eigenvalue weighted by Crippen LogP contribution is -2.29. The predicted molar refractivity (Wildman–Crippen MR) is 107 cm³/mol. The topological polar surface area (TPSA) is 64.0 Å². The van der Waals surface area contributed by atoms with Crippen LogP contribution in [0.4, 0.5) is 5.82 Å². The van der Waals surface area contributed by atoms with Crippen LogP contribution in [-0.4, -0.2) is 24.0 Å². The molecule has 1 N–H and O–H groups in total. The summed E-state index contributed by atoms with van der Waals surface area (Å²) in [6.07, 6.45) is 1.42. The Bertz CT molecular complexity index is 980. The molecule has 1 unspecified atom stereocenters. The average molecular weight is 414 g/mol. The smallest absolute Gasteiger partial charge is 0.178 e. The Labute approximate surface area is 163 Å². The van der Waals surface area contributed by atoms with Crippen LogP contribution in [0.2, 0.25) is 10.0 Å². The largest absolute Gasteiger partial charge is 0.343 e. The molecule has 1 aromatic heterocycles. The van der Waals surface area contributed by atoms with Gasteiger partial charge in [-0.2, -0.15) is 5.10 Å². The molecule has 0 radical (unpaired) electrons. The zero-order chi connectivity index (χ0) is 19.1. The van der Waals surface area contributed by atoms with E-state index in [9.17, 15) is 8.42 Å². The number of nitrogens with one attached hydrogen (secondary N) is 1. The Morgan fingerprint density at radius 1 is 1.19 bits per heavy atom. The summed E-state index contributed by atoms with van der Waals surface area (Å²) in [6, 6.07) is 6.51. The van der Waals surface area contributed by atoms with Gasteiger partial charge in [-0.1, -0.05) is 42.6 Å². The molecule has 2 heterocycles. The summed E-state index contributed by atoms with van der Waals surface area (Å²) in [6.45, 7) is 5.63. The van der Waals surface area contributed by atoms with E-state index in [1.807, 2.05) is 19.9 Å². The van der Waals surface area contributed by atoms with Gasteiger partial charge in [-0.25, -0.2) is 13.1 Å². The number of hydrogen-bond acceptors (Lipinski definition) is 4. The minimum atomic E-state index is -3.47. The molecule has 1 aromatic carbocycles. The number of aryl methyl sites for hydroxylation is 1. The zero-order valence-electron chi connectivity index (χ0n) is 14.9. The molecule has 2 aromatic rings. The minimum absolute atomic E-state index is 0.102. The van der Waals surface area contributed by atoms with E-state index in [0.717, 1.165) is 23.5 Å². The third-order valence-electron chi connectivity index (χ3n) is 4.40. The number of rotatable bonds is 5. The first-order valence-corrected chi connectivity index (χ1v) is 10.9. The van der Waals surface area contributed by atoms with E-state index in [2.05, 4.69) is 10.4 Å². The lowest BCUT2D eigenvalue weighted by atomic mass is 10.0. The summed E-state index contributed by atoms with van der Waals surface area (Å²) in [7, 11) is -3.47. The first-order valence-electron chi connectivity index (χ1n) is 8.46. The van der Waals surface area contributed by atoms with E-state index in [1.165, 1.54) is 0 Å². The molecule has 0 saturated heterocycles. The number of aromatic nitrogens is 2. The molecule has 5 nitrogen and oxygen atoms in total. The van der Waals surface area contributed by atoms with Gasteiger partial charge in [-0.15, -0.1) is 0 Å². The standard InChI is InChI=1S/C18H21Cl2N3O2S/c1-4-5-8-26(24,25)18-12(3)21-16-9-11(2)22-23(16)17(18)13-6-7-14(19)15(20)10-13/h6-7,9-10,17,21H,4-5,8H2,1-3H3. The van der Waals surface area contributed by atoms with Crippen LogP contribution in [0.25, 0.3) is 0 Å². The molecular weight excluding hydrogens is 393 g/mol. The Balaban J connectivity index is 2.21. The molecule has 8 heteroatoms. The summed E-state index contributed by atoms with van der Waals surface area (Å²) in [5.41, 5.74) is 2.15. The number of unbranched alkanes of at least 4 members (excludes halogenated alkanes) is 1. The van der Waals surface area contributed by atoms with Crippen molar-refractivity contribution in [3.05, 3.63) is 56.2 Å². The van der Waals surface area contributed by atoms with E-state index in [-0.39, 0.29) is 5.75 Å². The van der Waals surface area contributed by atoms with E-state index in [0.29, 0.717) is 27.1 Å². The van der Waals surface area contributed by atoms with Crippen molar-refractivity contribution < 1.29 is 8.42 Å². The van der Waals surface area contributed by atoms with Crippen molar-refractivity contribution >= 4 is 38.9 Å². The highest BCUT2D eigenvalue weighted by atomic mass is 35.5. The molecule has 140 valence electrons. The first kappa shape index (κ1) is 19.3. The second-order valence-corrected chi connectivity index (χ2v) is 9.37. The Hall–Kier alpha value is -1.50. The Morgan fingerprint density at radius 3 is 2.58 bits per heavy atom. The number of nitrogens with zero attached hydrogens (tertiary/aromatic N) is 2. The van der Waals surface area contributed by atoms with Gasteiger partial charge < -0.3 is 5.32 Å². The van der Waals surface area contributed by atoms with Crippen LogP contribution in [0.1, 0.15) is 44.0 Å². The highest BCUT2D eigenvalue weighted by Gasteiger charge is 2.36. The van der Waals surface area contributed by atoms with E-state index in [4.69, 9.17) is 23.2 Å². The van der Waals surface area contributed by atoms with Crippen molar-refractivity contribution in [2.24, 2.45) is 0 Å². The molecule has 0 bridgehead atoms. The monoisotopic (exact) mass is 413 g/mol. The fraction of sp³-hybridized carbons (Fsp3) is 0.389. The lowest BCUT2D eigenvalue weighted by Gasteiger charge is -2.30. The molecule has 0 aliphatic carbocycles. The fourth-order valence-electron chi connectivity index (χ4n) is 3.20. The van der Waals surface area contributed by atoms with Gasteiger partial charge in [0.15, 0.2) is 9.84 Å². The molecule has 0 amide bonds. The lowest BCUT2D eigenvalue weighted by molar-refractivity contribution is 0.561. The third-order valence-corrected chi connectivity index (χ3v) is 7.16. The van der Waals surface area contributed by atoms with Gasteiger partial charge in [0.1, 0.15) is 11.9 Å². The van der Waals surface area contributed by atoms with Gasteiger partial charge in [0.2, 0.25) is 0 Å². The number of benzene rings is 1. The van der Waals surface area contributed by atoms with Crippen LogP contribution in [0, 0.1) is 6.92 Å². The number of sulfone groups is 1. The fourth-order valence-corrected chi connectivity index (χ4v) is 5.49. The number of allylic oxidation sites excluding steroid dienone is 2. The summed E-state index contributed by atoms with van der Waals surface area (Å²) in [5, 5.41) is 8.51. The number of fused-ring (bicyclic) bond motifs is 1. The molecule has 0 spiro atoms. The second kappa shape index (κ2) is 7.25. The van der Waals surface area contributed by atoms with Gasteiger partial charge in [0.05, 0.1) is 26.4 Å². The van der Waals surface area contributed by atoms with Crippen LogP contribution in [0.15, 0.2) is 34.9 Å². The molecule has 1 aliphatic heterocycles. The molecular formula is C18H21Cl2N3O2S. The van der Waals surface area contributed by atoms with Crippen molar-refractivity contribution in [1.29, 1.82) is 0 Å². The maximum Gasteiger partial charge on any atom is 0.178 e. The van der Waals surface area contributed by atoms with Crippen LogP contribution < -0.4 is 5.32 Å². The first-order chi connectivity index (χ1) is 12.2. The Kier molecular flexibility index (Phi) is 5.37. The van der Waals surface area contributed by atoms with Gasteiger partial charge >= 0.3 is 0 Å². The molecule has 26 heavy (non-hydrogen) atoms. The summed E-state index contributed by atoms with van der Waals surface area (Å²) in [4.78, 5) is 0.333. The summed E-state index contributed by atoms with van der Waals surface area (Å²) < 4.78 is 27.9. The van der Waals surface area contributed by atoms with Crippen molar-refractivity contribution in [3.63, 3.8) is 0 Å². The van der Waals surface area contributed by atoms with Gasteiger partial charge in [0.25, 0.3) is 0 Å². The number of hydrogen-bond donors (Lipinski definition) is 1. The average Bonchev–Trinajstić information content (AvgIpc) is 2.94. The van der Waals surface area contributed by atoms with Gasteiger partial charge in [-0.3, -0.25) is 0 Å².